The smallest absolute Gasteiger partial charge is 0.199 e. The van der Waals surface area contributed by atoms with E-state index in [1.807, 2.05) is 28.9 Å². The first kappa shape index (κ1) is 20.5. The Labute approximate surface area is 177 Å². The zero-order chi connectivity index (χ0) is 20.4. The number of hydrogen-bond donors (Lipinski definition) is 0. The Balaban J connectivity index is 1.64. The van der Waals surface area contributed by atoms with E-state index in [0.717, 1.165) is 61.0 Å². The highest BCUT2D eigenvalue weighted by Crippen LogP contribution is 2.24. The van der Waals surface area contributed by atoms with Crippen molar-refractivity contribution in [2.45, 2.75) is 58.2 Å². The molecule has 3 heterocycles. The van der Waals surface area contributed by atoms with Crippen molar-refractivity contribution in [2.24, 2.45) is 0 Å². The Morgan fingerprint density at radius 2 is 1.90 bits per heavy atom. The Kier molecular flexibility index (Phi) is 6.34. The van der Waals surface area contributed by atoms with E-state index in [2.05, 4.69) is 23.3 Å². The van der Waals surface area contributed by atoms with Gasteiger partial charge in [0.2, 0.25) is 0 Å². The topological polar surface area (TPSA) is 53.7 Å². The molecule has 2 aliphatic rings. The maximum Gasteiger partial charge on any atom is 0.199 e. The van der Waals surface area contributed by atoms with Gasteiger partial charge in [0.05, 0.1) is 38.6 Å². The predicted octanol–water partition coefficient (Wildman–Crippen LogP) is 3.34. The van der Waals surface area contributed by atoms with Gasteiger partial charge in [-0.1, -0.05) is 0 Å². The number of rotatable bonds is 6. The molecule has 0 bridgehead atoms. The lowest BCUT2D eigenvalue weighted by molar-refractivity contribution is -0.0777. The number of nitrogens with zero attached hydrogens (tertiary/aromatic N) is 4. The molecule has 0 amide bonds. The number of benzene rings is 1. The van der Waals surface area contributed by atoms with Crippen LogP contribution in [0.15, 0.2) is 24.3 Å². The Hall–Kier alpha value is -1.74. The van der Waals surface area contributed by atoms with Crippen LogP contribution in [0.4, 0.5) is 0 Å². The van der Waals surface area contributed by atoms with Crippen molar-refractivity contribution in [3.05, 3.63) is 29.0 Å². The summed E-state index contributed by atoms with van der Waals surface area (Å²) in [4.78, 5) is 2.36. The minimum Gasteiger partial charge on any atom is -0.497 e. The third kappa shape index (κ3) is 4.71. The number of aromatic nitrogens is 3. The molecule has 1 aromatic carbocycles. The second-order valence-corrected chi connectivity index (χ2v) is 8.38. The van der Waals surface area contributed by atoms with Crippen LogP contribution in [0.2, 0.25) is 0 Å². The van der Waals surface area contributed by atoms with Crippen molar-refractivity contribution in [1.29, 1.82) is 0 Å². The van der Waals surface area contributed by atoms with E-state index in [9.17, 15) is 0 Å². The molecule has 0 N–H and O–H groups in total. The van der Waals surface area contributed by atoms with E-state index in [-0.39, 0.29) is 18.3 Å². The van der Waals surface area contributed by atoms with Crippen LogP contribution in [-0.4, -0.2) is 64.4 Å². The second-order valence-electron chi connectivity index (χ2n) is 8.01. The van der Waals surface area contributed by atoms with Crippen molar-refractivity contribution < 1.29 is 14.2 Å². The molecule has 2 fully saturated rings. The molecule has 2 aromatic rings. The van der Waals surface area contributed by atoms with Gasteiger partial charge in [-0.3, -0.25) is 9.47 Å². The van der Waals surface area contributed by atoms with Gasteiger partial charge in [0.1, 0.15) is 5.75 Å². The average molecular weight is 419 g/mol. The van der Waals surface area contributed by atoms with Gasteiger partial charge in [-0.05, 0) is 63.2 Å². The quantitative estimate of drug-likeness (QED) is 0.671. The molecule has 0 radical (unpaired) electrons. The maximum absolute atomic E-state index is 5.88. The molecule has 0 saturated carbocycles. The fraction of sp³-hybridized carbons (Fsp3) is 0.619. The first-order chi connectivity index (χ1) is 14.0. The summed E-state index contributed by atoms with van der Waals surface area (Å²) in [5.74, 6) is 1.70. The van der Waals surface area contributed by atoms with Gasteiger partial charge >= 0.3 is 0 Å². The van der Waals surface area contributed by atoms with Crippen molar-refractivity contribution in [3.8, 4) is 17.1 Å². The van der Waals surface area contributed by atoms with Gasteiger partial charge in [0, 0.05) is 25.3 Å². The molecule has 8 heteroatoms. The van der Waals surface area contributed by atoms with E-state index >= 15 is 0 Å². The zero-order valence-corrected chi connectivity index (χ0v) is 18.2. The monoisotopic (exact) mass is 418 g/mol. The van der Waals surface area contributed by atoms with Gasteiger partial charge in [-0.2, -0.15) is 5.10 Å². The van der Waals surface area contributed by atoms with Gasteiger partial charge in [0.15, 0.2) is 10.6 Å². The standard InChI is InChI=1S/C21H30N4O3S/c1-15-11-23(12-16(2)28-15)14-25-21(29)24(13-19-5-4-10-27-19)20(22-25)17-6-8-18(26-3)9-7-17/h6-9,15-16,19H,4-5,10-14H2,1-3H3/t15-,16+,19-/m1/s1. The molecule has 0 aliphatic carbocycles. The van der Waals surface area contributed by atoms with Crippen LogP contribution in [0, 0.1) is 4.77 Å². The van der Waals surface area contributed by atoms with E-state index in [4.69, 9.17) is 31.5 Å². The molecular formula is C21H30N4O3S. The van der Waals surface area contributed by atoms with Crippen LogP contribution in [0.25, 0.3) is 11.4 Å². The third-order valence-electron chi connectivity index (χ3n) is 5.51. The normalized spacial score (nSPS) is 25.4. The predicted molar refractivity (Wildman–Crippen MR) is 114 cm³/mol. The van der Waals surface area contributed by atoms with Crippen LogP contribution in [-0.2, 0) is 22.7 Å². The van der Waals surface area contributed by atoms with Crippen LogP contribution in [0.3, 0.4) is 0 Å². The van der Waals surface area contributed by atoms with Crippen molar-refractivity contribution in [1.82, 2.24) is 19.2 Å². The highest BCUT2D eigenvalue weighted by atomic mass is 32.1. The van der Waals surface area contributed by atoms with Crippen molar-refractivity contribution in [3.63, 3.8) is 0 Å². The van der Waals surface area contributed by atoms with Crippen molar-refractivity contribution in [2.75, 3.05) is 26.8 Å². The third-order valence-corrected chi connectivity index (χ3v) is 5.94. The molecule has 0 spiro atoms. The molecule has 2 aliphatic heterocycles. The molecule has 4 rings (SSSR count). The van der Waals surface area contributed by atoms with E-state index in [1.54, 1.807) is 7.11 Å². The van der Waals surface area contributed by atoms with Gasteiger partial charge < -0.3 is 14.2 Å². The molecule has 1 aromatic heterocycles. The number of methoxy groups -OCH3 is 1. The van der Waals surface area contributed by atoms with Crippen LogP contribution < -0.4 is 4.74 Å². The summed E-state index contributed by atoms with van der Waals surface area (Å²) in [5.41, 5.74) is 1.03. The maximum atomic E-state index is 5.88. The fourth-order valence-corrected chi connectivity index (χ4v) is 4.49. The van der Waals surface area contributed by atoms with E-state index in [1.165, 1.54) is 0 Å². The summed E-state index contributed by atoms with van der Waals surface area (Å²) in [6.07, 6.45) is 2.78. The van der Waals surface area contributed by atoms with Gasteiger partial charge in [-0.15, -0.1) is 0 Å². The fourth-order valence-electron chi connectivity index (χ4n) is 4.23. The summed E-state index contributed by atoms with van der Waals surface area (Å²) in [7, 11) is 1.67. The first-order valence-corrected chi connectivity index (χ1v) is 10.8. The minimum atomic E-state index is 0.194. The average Bonchev–Trinajstić information content (AvgIpc) is 3.31. The zero-order valence-electron chi connectivity index (χ0n) is 17.4. The Morgan fingerprint density at radius 1 is 1.17 bits per heavy atom. The molecule has 3 atom stereocenters. The number of hydrogen-bond acceptors (Lipinski definition) is 6. The number of morpholine rings is 1. The summed E-state index contributed by atoms with van der Waals surface area (Å²) in [6.45, 7) is 8.20. The Bertz CT molecular complexity index is 863. The molecule has 7 nitrogen and oxygen atoms in total. The van der Waals surface area contributed by atoms with Crippen LogP contribution in [0.1, 0.15) is 26.7 Å². The highest BCUT2D eigenvalue weighted by Gasteiger charge is 2.25. The number of ether oxygens (including phenoxy) is 3. The second kappa shape index (κ2) is 8.95. The summed E-state index contributed by atoms with van der Waals surface area (Å²) in [5, 5.41) is 4.92. The Morgan fingerprint density at radius 3 is 2.52 bits per heavy atom. The van der Waals surface area contributed by atoms with E-state index < -0.39 is 0 Å². The molecule has 29 heavy (non-hydrogen) atoms. The lowest BCUT2D eigenvalue weighted by Crippen LogP contribution is -2.46. The van der Waals surface area contributed by atoms with Gasteiger partial charge in [0.25, 0.3) is 0 Å². The SMILES string of the molecule is COc1ccc(-c2nn(CN3C[C@@H](C)O[C@@H](C)C3)c(=S)n2C[C@H]2CCCO2)cc1. The molecule has 0 unspecified atom stereocenters. The van der Waals surface area contributed by atoms with E-state index in [0.29, 0.717) is 6.67 Å². The van der Waals surface area contributed by atoms with Crippen LogP contribution in [0.5, 0.6) is 5.75 Å². The minimum absolute atomic E-state index is 0.194. The summed E-state index contributed by atoms with van der Waals surface area (Å²) < 4.78 is 21.8. The largest absolute Gasteiger partial charge is 0.497 e. The summed E-state index contributed by atoms with van der Waals surface area (Å²) >= 11 is 5.85. The van der Waals surface area contributed by atoms with Crippen molar-refractivity contribution >= 4 is 12.2 Å². The van der Waals surface area contributed by atoms with Gasteiger partial charge in [-0.25, -0.2) is 4.68 Å². The summed E-state index contributed by atoms with van der Waals surface area (Å²) in [6, 6.07) is 7.98. The lowest BCUT2D eigenvalue weighted by Gasteiger charge is -2.34. The first-order valence-electron chi connectivity index (χ1n) is 10.3. The van der Waals surface area contributed by atoms with Crippen LogP contribution >= 0.6 is 12.2 Å². The molecule has 158 valence electrons. The lowest BCUT2D eigenvalue weighted by atomic mass is 10.2. The molecular weight excluding hydrogens is 388 g/mol. The molecule has 2 saturated heterocycles. The highest BCUT2D eigenvalue weighted by molar-refractivity contribution is 7.71.